The second-order valence-electron chi connectivity index (χ2n) is 3.94. The number of rotatable bonds is 4. The SMILES string of the molecule is CC[C@@H](C)C1(C)N=C(C)N1CCO. The molecule has 76 valence electrons. The van der Waals surface area contributed by atoms with E-state index in [1.165, 1.54) is 0 Å². The predicted molar refractivity (Wildman–Crippen MR) is 54.8 cm³/mol. The molecule has 0 aromatic carbocycles. The van der Waals surface area contributed by atoms with Crippen LogP contribution in [0.2, 0.25) is 0 Å². The molecule has 0 spiro atoms. The van der Waals surface area contributed by atoms with Crippen molar-refractivity contribution in [2.45, 2.75) is 39.8 Å². The number of hydrogen-bond donors (Lipinski definition) is 1. The summed E-state index contributed by atoms with van der Waals surface area (Å²) in [5.74, 6) is 1.60. The van der Waals surface area contributed by atoms with Gasteiger partial charge in [0.25, 0.3) is 0 Å². The van der Waals surface area contributed by atoms with Crippen molar-refractivity contribution in [1.82, 2.24) is 4.90 Å². The molecule has 1 aliphatic heterocycles. The monoisotopic (exact) mass is 184 g/mol. The maximum absolute atomic E-state index is 8.91. The molecule has 3 nitrogen and oxygen atoms in total. The Morgan fingerprint density at radius 1 is 1.62 bits per heavy atom. The summed E-state index contributed by atoms with van der Waals surface area (Å²) >= 11 is 0. The summed E-state index contributed by atoms with van der Waals surface area (Å²) < 4.78 is 0. The number of aliphatic imine (C=N–C) groups is 1. The molecule has 0 saturated heterocycles. The average Bonchev–Trinajstić information content (AvgIpc) is 2.12. The highest BCUT2D eigenvalue weighted by molar-refractivity contribution is 5.85. The van der Waals surface area contributed by atoms with Gasteiger partial charge in [-0.1, -0.05) is 13.8 Å². The lowest BCUT2D eigenvalue weighted by Crippen LogP contribution is -2.60. The van der Waals surface area contributed by atoms with Gasteiger partial charge in [-0.25, -0.2) is 4.99 Å². The second kappa shape index (κ2) is 3.66. The Bertz CT molecular complexity index is 215. The third-order valence-corrected chi connectivity index (χ3v) is 3.19. The van der Waals surface area contributed by atoms with Crippen molar-refractivity contribution in [3.05, 3.63) is 0 Å². The van der Waals surface area contributed by atoms with E-state index in [0.717, 1.165) is 12.3 Å². The van der Waals surface area contributed by atoms with Gasteiger partial charge in [-0.2, -0.15) is 0 Å². The highest BCUT2D eigenvalue weighted by Crippen LogP contribution is 2.35. The van der Waals surface area contributed by atoms with E-state index in [-0.39, 0.29) is 12.3 Å². The van der Waals surface area contributed by atoms with Crippen LogP contribution < -0.4 is 0 Å². The Kier molecular flexibility index (Phi) is 2.96. The summed E-state index contributed by atoms with van der Waals surface area (Å²) in [5, 5.41) is 8.91. The first kappa shape index (κ1) is 10.5. The molecule has 3 heteroatoms. The van der Waals surface area contributed by atoms with Crippen LogP contribution in [-0.4, -0.2) is 34.7 Å². The first-order valence-electron chi connectivity index (χ1n) is 5.01. The third kappa shape index (κ3) is 1.57. The molecule has 0 amide bonds. The molecule has 1 N–H and O–H groups in total. The van der Waals surface area contributed by atoms with Crippen molar-refractivity contribution in [3.63, 3.8) is 0 Å². The zero-order chi connectivity index (χ0) is 10.1. The van der Waals surface area contributed by atoms with E-state index in [4.69, 9.17) is 5.11 Å². The molecule has 0 aromatic heterocycles. The van der Waals surface area contributed by atoms with Crippen LogP contribution >= 0.6 is 0 Å². The smallest absolute Gasteiger partial charge is 0.134 e. The van der Waals surface area contributed by atoms with Gasteiger partial charge in [-0.3, -0.25) is 0 Å². The summed E-state index contributed by atoms with van der Waals surface area (Å²) in [6.07, 6.45) is 1.12. The normalized spacial score (nSPS) is 29.6. The highest BCUT2D eigenvalue weighted by Gasteiger charge is 2.43. The predicted octanol–water partition coefficient (Wildman–Crippen LogP) is 1.48. The van der Waals surface area contributed by atoms with Crippen LogP contribution in [0.25, 0.3) is 0 Å². The largest absolute Gasteiger partial charge is 0.395 e. The van der Waals surface area contributed by atoms with E-state index in [0.29, 0.717) is 12.5 Å². The number of aliphatic hydroxyl groups is 1. The van der Waals surface area contributed by atoms with Crippen LogP contribution in [-0.2, 0) is 0 Å². The van der Waals surface area contributed by atoms with Gasteiger partial charge in [-0.15, -0.1) is 0 Å². The van der Waals surface area contributed by atoms with E-state index in [9.17, 15) is 0 Å². The van der Waals surface area contributed by atoms with E-state index >= 15 is 0 Å². The molecule has 0 radical (unpaired) electrons. The van der Waals surface area contributed by atoms with Crippen molar-refractivity contribution in [2.75, 3.05) is 13.2 Å². The minimum Gasteiger partial charge on any atom is -0.395 e. The van der Waals surface area contributed by atoms with Gasteiger partial charge in [0, 0.05) is 6.54 Å². The number of nitrogens with zero attached hydrogens (tertiary/aromatic N) is 2. The van der Waals surface area contributed by atoms with Gasteiger partial charge in [0.15, 0.2) is 0 Å². The fourth-order valence-electron chi connectivity index (χ4n) is 1.98. The zero-order valence-electron chi connectivity index (χ0n) is 9.04. The van der Waals surface area contributed by atoms with Crippen LogP contribution in [0.4, 0.5) is 0 Å². The summed E-state index contributed by atoms with van der Waals surface area (Å²) in [5.41, 5.74) is -0.0679. The molecule has 1 unspecified atom stereocenters. The van der Waals surface area contributed by atoms with Gasteiger partial charge in [0.1, 0.15) is 11.5 Å². The molecule has 0 fully saturated rings. The van der Waals surface area contributed by atoms with Crippen molar-refractivity contribution in [1.29, 1.82) is 0 Å². The maximum atomic E-state index is 8.91. The van der Waals surface area contributed by atoms with E-state index in [1.807, 2.05) is 6.92 Å². The molecule has 1 heterocycles. The Hall–Kier alpha value is -0.570. The van der Waals surface area contributed by atoms with Crippen LogP contribution in [0.3, 0.4) is 0 Å². The lowest BCUT2D eigenvalue weighted by Gasteiger charge is -2.51. The van der Waals surface area contributed by atoms with Crippen LogP contribution in [0.15, 0.2) is 4.99 Å². The Labute approximate surface area is 80.5 Å². The average molecular weight is 184 g/mol. The van der Waals surface area contributed by atoms with Crippen LogP contribution in [0.5, 0.6) is 0 Å². The van der Waals surface area contributed by atoms with E-state index in [2.05, 4.69) is 30.7 Å². The summed E-state index contributed by atoms with van der Waals surface area (Å²) in [4.78, 5) is 6.75. The minimum absolute atomic E-state index is 0.0679. The highest BCUT2D eigenvalue weighted by atomic mass is 16.3. The standard InChI is InChI=1S/C10H20N2O/c1-5-8(2)10(4)11-9(3)12(10)6-7-13/h8,13H,5-7H2,1-4H3/t8-,10?/m1/s1. The van der Waals surface area contributed by atoms with Gasteiger partial charge >= 0.3 is 0 Å². The van der Waals surface area contributed by atoms with Gasteiger partial charge < -0.3 is 10.0 Å². The molecule has 0 saturated carbocycles. The summed E-state index contributed by atoms with van der Waals surface area (Å²) in [6, 6.07) is 0. The summed E-state index contributed by atoms with van der Waals surface area (Å²) in [6.45, 7) is 9.44. The van der Waals surface area contributed by atoms with E-state index in [1.54, 1.807) is 0 Å². The zero-order valence-corrected chi connectivity index (χ0v) is 9.04. The first-order chi connectivity index (χ1) is 6.06. The number of amidine groups is 1. The molecular weight excluding hydrogens is 164 g/mol. The molecule has 0 aliphatic carbocycles. The lowest BCUT2D eigenvalue weighted by atomic mass is 9.89. The number of hydrogen-bond acceptors (Lipinski definition) is 3. The third-order valence-electron chi connectivity index (χ3n) is 3.19. The molecule has 2 atom stereocenters. The molecule has 0 aromatic rings. The Balaban J connectivity index is 2.71. The molecular formula is C10H20N2O. The molecule has 1 rings (SSSR count). The van der Waals surface area contributed by atoms with E-state index < -0.39 is 0 Å². The minimum atomic E-state index is -0.0679. The quantitative estimate of drug-likeness (QED) is 0.718. The van der Waals surface area contributed by atoms with Crippen molar-refractivity contribution < 1.29 is 5.11 Å². The topological polar surface area (TPSA) is 35.8 Å². The van der Waals surface area contributed by atoms with Crippen molar-refractivity contribution in [3.8, 4) is 0 Å². The van der Waals surface area contributed by atoms with Crippen molar-refractivity contribution >= 4 is 5.84 Å². The van der Waals surface area contributed by atoms with Gasteiger partial charge in [-0.05, 0) is 26.2 Å². The molecule has 0 bridgehead atoms. The second-order valence-corrected chi connectivity index (χ2v) is 3.94. The maximum Gasteiger partial charge on any atom is 0.134 e. The number of aliphatic hydroxyl groups excluding tert-OH is 1. The first-order valence-corrected chi connectivity index (χ1v) is 5.01. The lowest BCUT2D eigenvalue weighted by molar-refractivity contribution is 0.0716. The molecule has 1 aliphatic rings. The fraction of sp³-hybridized carbons (Fsp3) is 0.900. The van der Waals surface area contributed by atoms with Crippen LogP contribution in [0, 0.1) is 5.92 Å². The van der Waals surface area contributed by atoms with Crippen molar-refractivity contribution in [2.24, 2.45) is 10.9 Å². The Morgan fingerprint density at radius 2 is 2.23 bits per heavy atom. The van der Waals surface area contributed by atoms with Gasteiger partial charge in [0.2, 0.25) is 0 Å². The summed E-state index contributed by atoms with van der Waals surface area (Å²) in [7, 11) is 0. The fourth-order valence-corrected chi connectivity index (χ4v) is 1.98. The number of β-amino-alcohol motifs (C(OH)–C–C–N with tert-alkyl or cyclic N) is 1. The Morgan fingerprint density at radius 3 is 2.62 bits per heavy atom. The van der Waals surface area contributed by atoms with Gasteiger partial charge in [0.05, 0.1) is 6.61 Å². The van der Waals surface area contributed by atoms with Crippen LogP contribution in [0.1, 0.15) is 34.1 Å². The molecule has 13 heavy (non-hydrogen) atoms.